The molecule has 1 aliphatic heterocycles. The Hall–Kier alpha value is -2.74. The quantitative estimate of drug-likeness (QED) is 0.784. The number of fused-ring (bicyclic) bond motifs is 2. The number of pyridine rings is 2. The molecule has 0 bridgehead atoms. The molecule has 3 atom stereocenters. The number of aromatic nitrogens is 2. The van der Waals surface area contributed by atoms with E-state index in [1.54, 1.807) is 4.57 Å². The number of rotatable bonds is 3. The molecule has 2 fully saturated rings. The van der Waals surface area contributed by atoms with Crippen molar-refractivity contribution in [1.82, 2.24) is 9.55 Å². The summed E-state index contributed by atoms with van der Waals surface area (Å²) in [7, 11) is 0. The number of aromatic carboxylic acids is 1. The third-order valence-corrected chi connectivity index (χ3v) is 6.24. The molecule has 0 radical (unpaired) electrons. The van der Waals surface area contributed by atoms with Gasteiger partial charge >= 0.3 is 5.97 Å². The number of hydrogen-bond acceptors (Lipinski definition) is 5. The summed E-state index contributed by atoms with van der Waals surface area (Å²) in [6.07, 6.45) is 9.28. The van der Waals surface area contributed by atoms with Crippen LogP contribution in [0.25, 0.3) is 10.9 Å². The first-order valence-electron chi connectivity index (χ1n) is 9.59. The zero-order valence-corrected chi connectivity index (χ0v) is 15.2. The number of allylic oxidation sites excluding steroid dienone is 1. The van der Waals surface area contributed by atoms with Gasteiger partial charge in [-0.1, -0.05) is 12.2 Å². The minimum atomic E-state index is -1.31. The van der Waals surface area contributed by atoms with E-state index in [1.807, 2.05) is 11.0 Å². The van der Waals surface area contributed by atoms with Crippen LogP contribution in [0, 0.1) is 17.7 Å². The van der Waals surface area contributed by atoms with E-state index in [2.05, 4.69) is 11.1 Å². The Morgan fingerprint density at radius 2 is 2.11 bits per heavy atom. The maximum absolute atomic E-state index is 15.6. The van der Waals surface area contributed by atoms with Gasteiger partial charge in [0, 0.05) is 37.6 Å². The fourth-order valence-electron chi connectivity index (χ4n) is 4.62. The van der Waals surface area contributed by atoms with Crippen LogP contribution in [0.1, 0.15) is 35.7 Å². The zero-order chi connectivity index (χ0) is 19.6. The Morgan fingerprint density at radius 1 is 1.32 bits per heavy atom. The van der Waals surface area contributed by atoms with Gasteiger partial charge < -0.3 is 20.3 Å². The van der Waals surface area contributed by atoms with E-state index in [0.717, 1.165) is 19.3 Å². The molecular formula is C20H21FN4O3. The van der Waals surface area contributed by atoms with E-state index in [9.17, 15) is 14.7 Å². The molecule has 2 aliphatic carbocycles. The van der Waals surface area contributed by atoms with Crippen LogP contribution in [-0.2, 0) is 0 Å². The van der Waals surface area contributed by atoms with Gasteiger partial charge in [-0.05, 0) is 31.1 Å². The highest BCUT2D eigenvalue weighted by Crippen LogP contribution is 2.40. The normalized spacial score (nSPS) is 26.6. The Morgan fingerprint density at radius 3 is 2.79 bits per heavy atom. The van der Waals surface area contributed by atoms with Crippen LogP contribution in [0.5, 0.6) is 0 Å². The molecule has 0 amide bonds. The molecule has 0 aromatic carbocycles. The Labute approximate surface area is 160 Å². The number of carboxylic acids is 1. The molecular weight excluding hydrogens is 363 g/mol. The van der Waals surface area contributed by atoms with Crippen LogP contribution in [0.15, 0.2) is 29.3 Å². The van der Waals surface area contributed by atoms with Crippen molar-refractivity contribution >= 4 is 22.7 Å². The number of carbonyl (C=O) groups is 1. The van der Waals surface area contributed by atoms with Gasteiger partial charge in [0.2, 0.25) is 5.43 Å². The van der Waals surface area contributed by atoms with E-state index >= 15 is 4.39 Å². The van der Waals surface area contributed by atoms with Crippen LogP contribution in [0.3, 0.4) is 0 Å². The highest BCUT2D eigenvalue weighted by molar-refractivity contribution is 5.93. The topological polar surface area (TPSA) is 101 Å². The van der Waals surface area contributed by atoms with Crippen molar-refractivity contribution < 1.29 is 14.3 Å². The van der Waals surface area contributed by atoms with E-state index in [0.29, 0.717) is 19.0 Å². The van der Waals surface area contributed by atoms with Crippen LogP contribution < -0.4 is 16.1 Å². The van der Waals surface area contributed by atoms with E-state index in [-0.39, 0.29) is 40.3 Å². The molecule has 3 N–H and O–H groups in total. The van der Waals surface area contributed by atoms with Crippen molar-refractivity contribution in [3.05, 3.63) is 46.1 Å². The summed E-state index contributed by atoms with van der Waals surface area (Å²) in [6.45, 7) is 1.28. The van der Waals surface area contributed by atoms with Gasteiger partial charge in [0.25, 0.3) is 0 Å². The highest BCUT2D eigenvalue weighted by atomic mass is 19.1. The second kappa shape index (κ2) is 6.13. The molecule has 28 heavy (non-hydrogen) atoms. The Balaban J connectivity index is 1.64. The van der Waals surface area contributed by atoms with Gasteiger partial charge in [0.15, 0.2) is 11.6 Å². The predicted molar refractivity (Wildman–Crippen MR) is 102 cm³/mol. The molecule has 5 rings (SSSR count). The Bertz CT molecular complexity index is 1080. The summed E-state index contributed by atoms with van der Waals surface area (Å²) in [5, 5.41) is 9.35. The summed E-state index contributed by atoms with van der Waals surface area (Å²) in [5.74, 6) is -1.04. The first-order chi connectivity index (χ1) is 13.5. The Kier molecular flexibility index (Phi) is 3.80. The maximum Gasteiger partial charge on any atom is 0.341 e. The summed E-state index contributed by atoms with van der Waals surface area (Å²) in [6, 6.07) is -0.0280. The van der Waals surface area contributed by atoms with Crippen molar-refractivity contribution in [2.75, 3.05) is 18.0 Å². The fraction of sp³-hybridized carbons (Fsp3) is 0.450. The minimum Gasteiger partial charge on any atom is -0.477 e. The summed E-state index contributed by atoms with van der Waals surface area (Å²) >= 11 is 0. The molecule has 0 spiro atoms. The highest BCUT2D eigenvalue weighted by Gasteiger charge is 2.39. The molecule has 1 saturated carbocycles. The van der Waals surface area contributed by atoms with Gasteiger partial charge in [-0.25, -0.2) is 14.2 Å². The molecule has 2 aromatic heterocycles. The zero-order valence-electron chi connectivity index (χ0n) is 15.2. The number of hydrogen-bond donors (Lipinski definition) is 2. The van der Waals surface area contributed by atoms with Crippen molar-refractivity contribution in [3.63, 3.8) is 0 Å². The third-order valence-electron chi connectivity index (χ3n) is 6.24. The van der Waals surface area contributed by atoms with E-state index < -0.39 is 17.2 Å². The van der Waals surface area contributed by atoms with Crippen LogP contribution in [0.4, 0.5) is 10.2 Å². The minimum absolute atomic E-state index is 0.0167. The number of anilines is 1. The number of carboxylic acid groups (broad SMARTS) is 1. The lowest BCUT2D eigenvalue weighted by Crippen LogP contribution is -2.35. The summed E-state index contributed by atoms with van der Waals surface area (Å²) < 4.78 is 17.2. The first kappa shape index (κ1) is 17.4. The second-order valence-corrected chi connectivity index (χ2v) is 8.04. The van der Waals surface area contributed by atoms with Gasteiger partial charge in [-0.15, -0.1) is 0 Å². The number of halogens is 1. The van der Waals surface area contributed by atoms with Crippen LogP contribution >= 0.6 is 0 Å². The molecule has 3 heterocycles. The molecule has 0 unspecified atom stereocenters. The molecule has 3 aliphatic rings. The van der Waals surface area contributed by atoms with E-state index in [4.69, 9.17) is 5.73 Å². The lowest BCUT2D eigenvalue weighted by molar-refractivity contribution is 0.0695. The number of nitrogens with two attached hydrogens (primary N) is 1. The first-order valence-corrected chi connectivity index (χ1v) is 9.59. The van der Waals surface area contributed by atoms with Crippen LogP contribution in [-0.4, -0.2) is 39.8 Å². The summed E-state index contributed by atoms with van der Waals surface area (Å²) in [4.78, 5) is 30.1. The molecule has 2 aromatic rings. The third kappa shape index (κ3) is 2.55. The van der Waals surface area contributed by atoms with Gasteiger partial charge in [0.1, 0.15) is 5.56 Å². The smallest absolute Gasteiger partial charge is 0.341 e. The molecule has 146 valence electrons. The standard InChI is InChI=1S/C20H21FN4O3/c21-16-17-12(18(26)14(20(27)28)9-25(17)11-4-5-11)6-23-19(16)24-7-10-2-1-3-15(22)13(10)8-24/h1,3,6,9-11,13,15H,2,4-5,7-8,22H2,(H,27,28)/t10-,13+,15-/m1/s1. The average Bonchev–Trinajstić information content (AvgIpc) is 3.41. The lowest BCUT2D eigenvalue weighted by atomic mass is 9.83. The molecule has 7 nitrogen and oxygen atoms in total. The van der Waals surface area contributed by atoms with Gasteiger partial charge in [0.05, 0.1) is 10.9 Å². The largest absolute Gasteiger partial charge is 0.477 e. The lowest BCUT2D eigenvalue weighted by Gasteiger charge is -2.25. The van der Waals surface area contributed by atoms with Crippen molar-refractivity contribution in [3.8, 4) is 0 Å². The molecule has 1 saturated heterocycles. The molecule has 8 heteroatoms. The second-order valence-electron chi connectivity index (χ2n) is 8.04. The fourth-order valence-corrected chi connectivity index (χ4v) is 4.62. The SMILES string of the molecule is N[C@@H]1C=CC[C@@H]2CN(c3ncc4c(=O)c(C(=O)O)cn(C5CC5)c4c3F)C[C@@H]21. The summed E-state index contributed by atoms with van der Waals surface area (Å²) in [5.41, 5.74) is 5.30. The van der Waals surface area contributed by atoms with Gasteiger partial charge in [-0.3, -0.25) is 4.79 Å². The number of nitrogens with zero attached hydrogens (tertiary/aromatic N) is 3. The maximum atomic E-state index is 15.6. The monoisotopic (exact) mass is 384 g/mol. The van der Waals surface area contributed by atoms with Crippen molar-refractivity contribution in [2.45, 2.75) is 31.3 Å². The predicted octanol–water partition coefficient (Wildman–Crippen LogP) is 1.91. The van der Waals surface area contributed by atoms with Crippen LogP contribution in [0.2, 0.25) is 0 Å². The van der Waals surface area contributed by atoms with Gasteiger partial charge in [-0.2, -0.15) is 0 Å². The van der Waals surface area contributed by atoms with E-state index in [1.165, 1.54) is 12.4 Å². The average molecular weight is 384 g/mol. The van der Waals surface area contributed by atoms with Crippen molar-refractivity contribution in [2.24, 2.45) is 17.6 Å². The van der Waals surface area contributed by atoms with Crippen molar-refractivity contribution in [1.29, 1.82) is 0 Å².